The van der Waals surface area contributed by atoms with Crippen molar-refractivity contribution in [1.82, 2.24) is 9.13 Å². The third-order valence-corrected chi connectivity index (χ3v) is 9.38. The lowest BCUT2D eigenvalue weighted by molar-refractivity contribution is -0.790. The van der Waals surface area contributed by atoms with Gasteiger partial charge in [-0.15, -0.1) is 9.15 Å². The molecular weight excluding hydrogens is 568 g/mol. The van der Waals surface area contributed by atoms with Crippen molar-refractivity contribution in [2.24, 2.45) is 20.0 Å². The Labute approximate surface area is 265 Å². The van der Waals surface area contributed by atoms with Crippen LogP contribution in [0.3, 0.4) is 0 Å². The molecule has 0 amide bonds. The first-order valence-corrected chi connectivity index (χ1v) is 15.8. The van der Waals surface area contributed by atoms with Gasteiger partial charge in [0.05, 0.1) is 22.3 Å². The number of fused-ring (bicyclic) bond motifs is 12. The maximum Gasteiger partial charge on any atom is 0.404 e. The molecule has 2 aromatic heterocycles. The highest BCUT2D eigenvalue weighted by atomic mass is 15.7. The smallest absolute Gasteiger partial charge is 0.192 e. The zero-order chi connectivity index (χ0) is 30.2. The van der Waals surface area contributed by atoms with Crippen LogP contribution in [0.5, 0.6) is 0 Å². The average molecular weight is 601 g/mol. The topological polar surface area (TPSA) is 65.3 Å². The Balaban J connectivity index is 0.000000564. The summed E-state index contributed by atoms with van der Waals surface area (Å²) in [4.78, 5) is 21.7. The SMILES string of the molecule is C.CC.CC.c1ccc2c(c1)C1=Nc3c4ccccc4c4n3C35n6c(c7ccccc7c6=NC6=[N+]3C(=N4)c3ccccc36)=NC2=[N+]15. The Morgan fingerprint density at radius 2 is 0.826 bits per heavy atom. The fraction of sp³-hybridized carbons (Fsp3) is 0.158. The summed E-state index contributed by atoms with van der Waals surface area (Å²) in [6.07, 6.45) is 0. The van der Waals surface area contributed by atoms with Crippen molar-refractivity contribution < 1.29 is 9.15 Å². The number of aromatic nitrogens is 2. The summed E-state index contributed by atoms with van der Waals surface area (Å²) < 4.78 is 9.32. The van der Waals surface area contributed by atoms with Crippen LogP contribution in [0.15, 0.2) is 117 Å². The first-order chi connectivity index (χ1) is 22.4. The maximum absolute atomic E-state index is 5.42. The summed E-state index contributed by atoms with van der Waals surface area (Å²) in [7, 11) is 0. The Morgan fingerprint density at radius 3 is 1.26 bits per heavy atom. The lowest BCUT2D eigenvalue weighted by Gasteiger charge is -2.40. The van der Waals surface area contributed by atoms with E-state index in [1.165, 1.54) is 0 Å². The first kappa shape index (κ1) is 26.6. The van der Waals surface area contributed by atoms with Gasteiger partial charge in [-0.25, -0.2) is 0 Å². The van der Waals surface area contributed by atoms with Crippen molar-refractivity contribution in [3.63, 3.8) is 0 Å². The van der Waals surface area contributed by atoms with E-state index in [1.54, 1.807) is 0 Å². The van der Waals surface area contributed by atoms with Crippen molar-refractivity contribution in [2.45, 2.75) is 41.0 Å². The van der Waals surface area contributed by atoms with Crippen LogP contribution in [-0.2, 0) is 5.91 Å². The molecule has 0 radical (unpaired) electrons. The van der Waals surface area contributed by atoms with E-state index < -0.39 is 5.91 Å². The number of nitrogens with zero attached hydrogens (tertiary/aromatic N) is 8. The third kappa shape index (κ3) is 2.62. The summed E-state index contributed by atoms with van der Waals surface area (Å²) in [5, 5.41) is 4.33. The van der Waals surface area contributed by atoms with Gasteiger partial charge in [-0.3, -0.25) is 0 Å². The van der Waals surface area contributed by atoms with Crippen molar-refractivity contribution >= 4 is 56.5 Å². The van der Waals surface area contributed by atoms with Gasteiger partial charge in [-0.05, 0) is 48.5 Å². The molecule has 6 aliphatic heterocycles. The van der Waals surface area contributed by atoms with E-state index in [1.807, 2.05) is 27.7 Å². The number of hydrogen-bond acceptors (Lipinski definition) is 4. The van der Waals surface area contributed by atoms with Crippen LogP contribution in [0.25, 0.3) is 21.5 Å². The highest BCUT2D eigenvalue weighted by molar-refractivity contribution is 6.20. The Hall–Kier alpha value is -5.76. The predicted molar refractivity (Wildman–Crippen MR) is 183 cm³/mol. The molecule has 12 rings (SSSR count). The summed E-state index contributed by atoms with van der Waals surface area (Å²) >= 11 is 0. The van der Waals surface area contributed by atoms with E-state index in [0.717, 1.165) is 89.8 Å². The number of rotatable bonds is 0. The van der Waals surface area contributed by atoms with Crippen molar-refractivity contribution in [1.29, 1.82) is 0 Å². The van der Waals surface area contributed by atoms with E-state index >= 15 is 0 Å². The molecule has 4 aromatic carbocycles. The van der Waals surface area contributed by atoms with Crippen LogP contribution < -0.4 is 11.0 Å². The van der Waals surface area contributed by atoms with Gasteiger partial charge in [0.1, 0.15) is 0 Å². The molecule has 0 unspecified atom stereocenters. The second-order valence-corrected chi connectivity index (χ2v) is 11.2. The summed E-state index contributed by atoms with van der Waals surface area (Å²) in [5.74, 6) is 4.46. The minimum absolute atomic E-state index is 0. The fourth-order valence-electron chi connectivity index (χ4n) is 7.88. The van der Waals surface area contributed by atoms with Crippen LogP contribution in [0, 0.1) is 0 Å². The summed E-state index contributed by atoms with van der Waals surface area (Å²) in [5.41, 5.74) is 6.13. The van der Waals surface area contributed by atoms with Crippen molar-refractivity contribution in [3.8, 4) is 0 Å². The van der Waals surface area contributed by atoms with E-state index in [0.29, 0.717) is 0 Å². The predicted octanol–water partition coefficient (Wildman–Crippen LogP) is 6.40. The van der Waals surface area contributed by atoms with E-state index in [9.17, 15) is 0 Å². The van der Waals surface area contributed by atoms with Crippen LogP contribution in [-0.4, -0.2) is 41.6 Å². The van der Waals surface area contributed by atoms with Crippen LogP contribution in [0.1, 0.15) is 57.4 Å². The lowest BCUT2D eigenvalue weighted by Crippen LogP contribution is -2.71. The molecule has 1 spiro atoms. The molecular formula is C38H32N8+2. The van der Waals surface area contributed by atoms with Gasteiger partial charge < -0.3 is 0 Å². The average Bonchev–Trinajstić information content (AvgIpc) is 3.83. The molecule has 0 saturated heterocycles. The maximum atomic E-state index is 5.42. The molecule has 0 N–H and O–H groups in total. The van der Waals surface area contributed by atoms with Crippen LogP contribution in [0.2, 0.25) is 0 Å². The van der Waals surface area contributed by atoms with Crippen LogP contribution >= 0.6 is 0 Å². The normalized spacial score (nSPS) is 16.7. The molecule has 46 heavy (non-hydrogen) atoms. The minimum atomic E-state index is -0.923. The van der Waals surface area contributed by atoms with E-state index in [2.05, 4.69) is 115 Å². The summed E-state index contributed by atoms with van der Waals surface area (Å²) in [6.45, 7) is 8.00. The molecule has 8 heterocycles. The van der Waals surface area contributed by atoms with Crippen LogP contribution in [0.4, 0.5) is 11.6 Å². The Kier molecular flexibility index (Phi) is 5.16. The third-order valence-electron chi connectivity index (χ3n) is 9.38. The Morgan fingerprint density at radius 1 is 0.457 bits per heavy atom. The highest BCUT2D eigenvalue weighted by Gasteiger charge is 2.69. The quantitative estimate of drug-likeness (QED) is 0.181. The first-order valence-electron chi connectivity index (χ1n) is 15.8. The largest absolute Gasteiger partial charge is 0.404 e. The van der Waals surface area contributed by atoms with Gasteiger partial charge in [0.15, 0.2) is 0 Å². The van der Waals surface area contributed by atoms with Gasteiger partial charge in [0.2, 0.25) is 22.6 Å². The molecule has 222 valence electrons. The zero-order valence-corrected chi connectivity index (χ0v) is 25.3. The zero-order valence-electron chi connectivity index (χ0n) is 25.3. The number of benzene rings is 4. The van der Waals surface area contributed by atoms with Crippen molar-refractivity contribution in [3.05, 3.63) is 130 Å². The molecule has 6 aliphatic rings. The number of amidine groups is 4. The molecule has 0 bridgehead atoms. The lowest BCUT2D eigenvalue weighted by atomic mass is 10.1. The molecule has 0 fully saturated rings. The highest BCUT2D eigenvalue weighted by Crippen LogP contribution is 2.52. The van der Waals surface area contributed by atoms with E-state index in [4.69, 9.17) is 20.0 Å². The van der Waals surface area contributed by atoms with Crippen molar-refractivity contribution in [2.75, 3.05) is 0 Å². The van der Waals surface area contributed by atoms with Gasteiger partial charge in [0, 0.05) is 21.5 Å². The minimum Gasteiger partial charge on any atom is -0.192 e. The van der Waals surface area contributed by atoms with Gasteiger partial charge in [-0.1, -0.05) is 104 Å². The fourth-order valence-corrected chi connectivity index (χ4v) is 7.88. The molecule has 8 heteroatoms. The monoisotopic (exact) mass is 600 g/mol. The molecule has 0 atom stereocenters. The van der Waals surface area contributed by atoms with Gasteiger partial charge in [-0.2, -0.15) is 9.13 Å². The van der Waals surface area contributed by atoms with Gasteiger partial charge >= 0.3 is 5.91 Å². The molecule has 0 aliphatic carbocycles. The molecule has 6 aromatic rings. The standard InChI is InChI=1S/C33H16N8.2C2H6.CH4/c1-2-10-18-17(9-1)25-34-27-19-11-3-4-12-20(19)29-36-31-23-15-7-8-16-24(23)32-37-30-22-14-6-5-13-21(22)28-35-26(18)38(25)33(39(27)29,40(28)30)41(31)32;2*1-2;/h1-16H;2*1-2H3;1H4/q+2;;;. The van der Waals surface area contributed by atoms with Gasteiger partial charge in [0.25, 0.3) is 23.3 Å². The van der Waals surface area contributed by atoms with E-state index in [-0.39, 0.29) is 7.43 Å². The second kappa shape index (κ2) is 8.91. The molecule has 0 saturated carbocycles. The second-order valence-electron chi connectivity index (χ2n) is 11.2. The number of aliphatic imine (C=N–C) groups is 2. The molecule has 8 nitrogen and oxygen atoms in total. The number of hydrogen-bond donors (Lipinski definition) is 0. The summed E-state index contributed by atoms with van der Waals surface area (Å²) in [6, 6.07) is 34.0. The Bertz CT molecular complexity index is 2470.